The van der Waals surface area contributed by atoms with E-state index in [9.17, 15) is 9.59 Å². The molecule has 0 aromatic carbocycles. The van der Waals surface area contributed by atoms with Gasteiger partial charge in [0.2, 0.25) is 11.8 Å². The Bertz CT molecular complexity index is 362. The van der Waals surface area contributed by atoms with E-state index < -0.39 is 0 Å². The quantitative estimate of drug-likeness (QED) is 0.702. The van der Waals surface area contributed by atoms with Crippen LogP contribution in [0.3, 0.4) is 0 Å². The number of carbonyl (C=O) groups excluding carboxylic acids is 2. The lowest BCUT2D eigenvalue weighted by Crippen LogP contribution is -2.51. The molecular weight excluding hydrogens is 282 g/mol. The molecule has 1 unspecified atom stereocenters. The molecular formula is C16H29N3O3. The van der Waals surface area contributed by atoms with Crippen LogP contribution in [-0.4, -0.2) is 62.7 Å². The third-order valence-electron chi connectivity index (χ3n) is 4.61. The molecule has 6 heteroatoms. The molecule has 0 spiro atoms. The molecule has 2 heterocycles. The fraction of sp³-hybridized carbons (Fsp3) is 0.875. The van der Waals surface area contributed by atoms with Crippen molar-refractivity contribution in [1.82, 2.24) is 15.5 Å². The summed E-state index contributed by atoms with van der Waals surface area (Å²) in [5, 5.41) is 6.27. The molecule has 0 aliphatic carbocycles. The Morgan fingerprint density at radius 2 is 2.00 bits per heavy atom. The molecule has 126 valence electrons. The van der Waals surface area contributed by atoms with Gasteiger partial charge in [0.15, 0.2) is 0 Å². The number of amides is 2. The Labute approximate surface area is 132 Å². The SMILES string of the molecule is COCCCNC(=O)C1CCN(C(=O)C2CCCCN2)CC1. The van der Waals surface area contributed by atoms with Crippen LogP contribution in [0.15, 0.2) is 0 Å². The molecule has 0 radical (unpaired) electrons. The Morgan fingerprint density at radius 3 is 2.64 bits per heavy atom. The smallest absolute Gasteiger partial charge is 0.239 e. The first kappa shape index (κ1) is 17.2. The van der Waals surface area contributed by atoms with Crippen LogP contribution in [0.2, 0.25) is 0 Å². The topological polar surface area (TPSA) is 70.7 Å². The second-order valence-electron chi connectivity index (χ2n) is 6.24. The van der Waals surface area contributed by atoms with Crippen LogP contribution >= 0.6 is 0 Å². The highest BCUT2D eigenvalue weighted by Crippen LogP contribution is 2.19. The molecule has 2 N–H and O–H groups in total. The molecule has 0 aromatic rings. The van der Waals surface area contributed by atoms with Crippen LogP contribution in [0.4, 0.5) is 0 Å². The zero-order valence-corrected chi connectivity index (χ0v) is 13.6. The van der Waals surface area contributed by atoms with E-state index in [2.05, 4.69) is 10.6 Å². The molecule has 2 fully saturated rings. The van der Waals surface area contributed by atoms with Gasteiger partial charge in [0.05, 0.1) is 6.04 Å². The highest BCUT2D eigenvalue weighted by atomic mass is 16.5. The van der Waals surface area contributed by atoms with E-state index >= 15 is 0 Å². The molecule has 2 aliphatic heterocycles. The number of nitrogens with zero attached hydrogens (tertiary/aromatic N) is 1. The van der Waals surface area contributed by atoms with Crippen molar-refractivity contribution in [3.63, 3.8) is 0 Å². The number of hydrogen-bond donors (Lipinski definition) is 2. The van der Waals surface area contributed by atoms with Gasteiger partial charge in [0, 0.05) is 39.3 Å². The van der Waals surface area contributed by atoms with Gasteiger partial charge in [-0.15, -0.1) is 0 Å². The minimum absolute atomic E-state index is 0.00632. The maximum Gasteiger partial charge on any atom is 0.239 e. The standard InChI is InChI=1S/C16H29N3O3/c1-22-12-4-9-18-15(20)13-6-10-19(11-7-13)16(21)14-5-2-3-8-17-14/h13-14,17H,2-12H2,1H3,(H,18,20). The van der Waals surface area contributed by atoms with E-state index in [0.29, 0.717) is 26.2 Å². The number of nitrogens with one attached hydrogen (secondary N) is 2. The molecule has 0 saturated carbocycles. The van der Waals surface area contributed by atoms with Crippen molar-refractivity contribution in [1.29, 1.82) is 0 Å². The summed E-state index contributed by atoms with van der Waals surface area (Å²) in [6.07, 6.45) is 5.62. The maximum absolute atomic E-state index is 12.4. The van der Waals surface area contributed by atoms with Crippen molar-refractivity contribution in [2.24, 2.45) is 5.92 Å². The summed E-state index contributed by atoms with van der Waals surface area (Å²) in [6, 6.07) is -0.00632. The Kier molecular flexibility index (Phi) is 7.12. The number of ether oxygens (including phenoxy) is 1. The zero-order chi connectivity index (χ0) is 15.8. The summed E-state index contributed by atoms with van der Waals surface area (Å²) in [5.41, 5.74) is 0. The highest BCUT2D eigenvalue weighted by Gasteiger charge is 2.31. The molecule has 1 atom stereocenters. The van der Waals surface area contributed by atoms with Crippen molar-refractivity contribution in [2.75, 3.05) is 39.9 Å². The summed E-state index contributed by atoms with van der Waals surface area (Å²) in [4.78, 5) is 26.4. The first-order valence-corrected chi connectivity index (χ1v) is 8.51. The van der Waals surface area contributed by atoms with E-state index in [-0.39, 0.29) is 23.8 Å². The summed E-state index contributed by atoms with van der Waals surface area (Å²) in [6.45, 7) is 3.68. The van der Waals surface area contributed by atoms with Gasteiger partial charge < -0.3 is 20.3 Å². The van der Waals surface area contributed by atoms with Crippen molar-refractivity contribution in [3.8, 4) is 0 Å². The highest BCUT2D eigenvalue weighted by molar-refractivity contribution is 5.83. The van der Waals surface area contributed by atoms with E-state index in [1.807, 2.05) is 4.90 Å². The number of carbonyl (C=O) groups is 2. The van der Waals surface area contributed by atoms with E-state index in [1.165, 1.54) is 0 Å². The largest absolute Gasteiger partial charge is 0.385 e. The average Bonchev–Trinajstić information content (AvgIpc) is 2.59. The van der Waals surface area contributed by atoms with E-state index in [1.54, 1.807) is 7.11 Å². The van der Waals surface area contributed by atoms with Crippen LogP contribution in [0.1, 0.15) is 38.5 Å². The summed E-state index contributed by atoms with van der Waals surface area (Å²) in [7, 11) is 1.66. The van der Waals surface area contributed by atoms with Crippen molar-refractivity contribution in [2.45, 2.75) is 44.6 Å². The van der Waals surface area contributed by atoms with Gasteiger partial charge in [0.25, 0.3) is 0 Å². The van der Waals surface area contributed by atoms with Crippen LogP contribution in [0, 0.1) is 5.92 Å². The molecule has 0 bridgehead atoms. The minimum atomic E-state index is -0.00632. The van der Waals surface area contributed by atoms with E-state index in [4.69, 9.17) is 4.74 Å². The maximum atomic E-state index is 12.4. The van der Waals surface area contributed by atoms with Gasteiger partial charge in [-0.2, -0.15) is 0 Å². The normalized spacial score (nSPS) is 23.3. The first-order valence-electron chi connectivity index (χ1n) is 8.51. The predicted molar refractivity (Wildman–Crippen MR) is 84.4 cm³/mol. The molecule has 22 heavy (non-hydrogen) atoms. The number of hydrogen-bond acceptors (Lipinski definition) is 4. The number of piperidine rings is 2. The van der Waals surface area contributed by atoms with Gasteiger partial charge in [-0.05, 0) is 38.6 Å². The van der Waals surface area contributed by atoms with Crippen LogP contribution < -0.4 is 10.6 Å². The summed E-state index contributed by atoms with van der Waals surface area (Å²) < 4.78 is 4.97. The van der Waals surface area contributed by atoms with Crippen LogP contribution in [0.25, 0.3) is 0 Å². The van der Waals surface area contributed by atoms with Gasteiger partial charge in [-0.25, -0.2) is 0 Å². The monoisotopic (exact) mass is 311 g/mol. The molecule has 6 nitrogen and oxygen atoms in total. The molecule has 2 rings (SSSR count). The fourth-order valence-corrected chi connectivity index (χ4v) is 3.22. The van der Waals surface area contributed by atoms with Crippen molar-refractivity contribution < 1.29 is 14.3 Å². The van der Waals surface area contributed by atoms with Crippen molar-refractivity contribution in [3.05, 3.63) is 0 Å². The lowest BCUT2D eigenvalue weighted by molar-refractivity contribution is -0.137. The Hall–Kier alpha value is -1.14. The van der Waals surface area contributed by atoms with Gasteiger partial charge in [-0.3, -0.25) is 9.59 Å². The second kappa shape index (κ2) is 9.10. The number of methoxy groups -OCH3 is 1. The number of rotatable bonds is 6. The molecule has 2 aliphatic rings. The third-order valence-corrected chi connectivity index (χ3v) is 4.61. The lowest BCUT2D eigenvalue weighted by atomic mass is 9.94. The van der Waals surface area contributed by atoms with Crippen LogP contribution in [0.5, 0.6) is 0 Å². The lowest BCUT2D eigenvalue weighted by Gasteiger charge is -2.35. The summed E-state index contributed by atoms with van der Waals surface area (Å²) in [5.74, 6) is 0.392. The molecule has 2 saturated heterocycles. The number of likely N-dealkylation sites (tertiary alicyclic amines) is 1. The van der Waals surface area contributed by atoms with Crippen LogP contribution in [-0.2, 0) is 14.3 Å². The predicted octanol–water partition coefficient (Wildman–Crippen LogP) is 0.520. The minimum Gasteiger partial charge on any atom is -0.385 e. The molecule has 2 amide bonds. The average molecular weight is 311 g/mol. The van der Waals surface area contributed by atoms with Gasteiger partial charge in [0.1, 0.15) is 0 Å². The fourth-order valence-electron chi connectivity index (χ4n) is 3.22. The second-order valence-corrected chi connectivity index (χ2v) is 6.24. The summed E-state index contributed by atoms with van der Waals surface area (Å²) >= 11 is 0. The molecule has 0 aromatic heterocycles. The first-order chi connectivity index (χ1) is 10.7. The third kappa shape index (κ3) is 4.95. The van der Waals surface area contributed by atoms with Gasteiger partial charge in [-0.1, -0.05) is 6.42 Å². The van der Waals surface area contributed by atoms with E-state index in [0.717, 1.165) is 45.1 Å². The van der Waals surface area contributed by atoms with Crippen molar-refractivity contribution >= 4 is 11.8 Å². The zero-order valence-electron chi connectivity index (χ0n) is 13.6. The van der Waals surface area contributed by atoms with Gasteiger partial charge >= 0.3 is 0 Å². The Balaban J connectivity index is 1.68. The Morgan fingerprint density at radius 1 is 1.23 bits per heavy atom.